The van der Waals surface area contributed by atoms with Gasteiger partial charge in [-0.05, 0) is 54.1 Å². The fourth-order valence-electron chi connectivity index (χ4n) is 4.82. The van der Waals surface area contributed by atoms with Crippen LogP contribution in [0.25, 0.3) is 11.1 Å². The number of hydrogen-bond donors (Lipinski definition) is 4. The van der Waals surface area contributed by atoms with E-state index in [1.165, 1.54) is 6.92 Å². The lowest BCUT2D eigenvalue weighted by molar-refractivity contribution is -0.152. The van der Waals surface area contributed by atoms with E-state index < -0.39 is 36.2 Å². The number of benzene rings is 3. The minimum atomic E-state index is -1.32. The van der Waals surface area contributed by atoms with Crippen LogP contribution in [0.15, 0.2) is 78.9 Å². The van der Waals surface area contributed by atoms with E-state index >= 15 is 0 Å². The Balaban J connectivity index is 1.37. The molecule has 1 aliphatic rings. The molecular formula is C31H35N3O6. The number of hydrogen-bond acceptors (Lipinski definition) is 7. The highest BCUT2D eigenvalue weighted by molar-refractivity contribution is 5.90. The number of esters is 1. The summed E-state index contributed by atoms with van der Waals surface area (Å²) in [5.74, 6) is -1.57. The van der Waals surface area contributed by atoms with E-state index in [2.05, 4.69) is 10.6 Å². The Morgan fingerprint density at radius 3 is 2.08 bits per heavy atom. The Labute approximate surface area is 233 Å². The average molecular weight is 546 g/mol. The molecule has 1 aliphatic carbocycles. The van der Waals surface area contributed by atoms with Crippen molar-refractivity contribution < 1.29 is 29.0 Å². The van der Waals surface area contributed by atoms with Crippen molar-refractivity contribution in [1.82, 2.24) is 10.6 Å². The predicted octanol–water partition coefficient (Wildman–Crippen LogP) is 3.24. The predicted molar refractivity (Wildman–Crippen MR) is 150 cm³/mol. The van der Waals surface area contributed by atoms with Crippen LogP contribution in [0.2, 0.25) is 0 Å². The molecule has 3 aromatic carbocycles. The molecular weight excluding hydrogens is 510 g/mol. The molecule has 0 spiro atoms. The standard InChI is InChI=1S/C31H35N3O6/c1-20(35)28(30(37)39-18-21-10-3-2-4-11-21)34-29(36)27(16-9-17-32)33-31(38)40-19-26-24-14-7-5-12-22(24)23-13-6-8-15-25(23)26/h2-8,10-15,20,26-28,35H,9,16-19,32H2,1H3,(H,33,38)(H,34,36)/t20-,27+,28+/m1/s1. The van der Waals surface area contributed by atoms with Crippen LogP contribution in [-0.2, 0) is 25.7 Å². The van der Waals surface area contributed by atoms with E-state index in [-0.39, 0.29) is 25.6 Å². The van der Waals surface area contributed by atoms with Gasteiger partial charge in [0.15, 0.2) is 6.04 Å². The average Bonchev–Trinajstić information content (AvgIpc) is 3.29. The number of ether oxygens (including phenoxy) is 2. The van der Waals surface area contributed by atoms with Gasteiger partial charge in [-0.15, -0.1) is 0 Å². The van der Waals surface area contributed by atoms with Crippen LogP contribution in [0.5, 0.6) is 0 Å². The number of aliphatic hydroxyl groups is 1. The number of aliphatic hydroxyl groups excluding tert-OH is 1. The molecule has 40 heavy (non-hydrogen) atoms. The lowest BCUT2D eigenvalue weighted by Gasteiger charge is -2.24. The number of fused-ring (bicyclic) bond motifs is 3. The summed E-state index contributed by atoms with van der Waals surface area (Å²) < 4.78 is 10.9. The van der Waals surface area contributed by atoms with Crippen LogP contribution < -0.4 is 16.4 Å². The highest BCUT2D eigenvalue weighted by Crippen LogP contribution is 2.44. The third kappa shape index (κ3) is 7.05. The summed E-state index contributed by atoms with van der Waals surface area (Å²) in [6.07, 6.45) is -1.33. The van der Waals surface area contributed by atoms with Crippen molar-refractivity contribution in [2.45, 2.75) is 50.5 Å². The maximum absolute atomic E-state index is 13.1. The van der Waals surface area contributed by atoms with Crippen LogP contribution in [0, 0.1) is 0 Å². The summed E-state index contributed by atoms with van der Waals surface area (Å²) in [6.45, 7) is 1.76. The molecule has 0 radical (unpaired) electrons. The third-order valence-corrected chi connectivity index (χ3v) is 6.91. The molecule has 2 amide bonds. The number of carbonyl (C=O) groups is 3. The molecule has 0 unspecified atom stereocenters. The summed E-state index contributed by atoms with van der Waals surface area (Å²) >= 11 is 0. The molecule has 0 aromatic heterocycles. The number of nitrogens with one attached hydrogen (secondary N) is 2. The van der Waals surface area contributed by atoms with Gasteiger partial charge in [-0.2, -0.15) is 0 Å². The first-order valence-electron chi connectivity index (χ1n) is 13.4. The van der Waals surface area contributed by atoms with Gasteiger partial charge in [-0.25, -0.2) is 9.59 Å². The Morgan fingerprint density at radius 1 is 0.875 bits per heavy atom. The highest BCUT2D eigenvalue weighted by Gasteiger charge is 2.32. The zero-order chi connectivity index (χ0) is 28.5. The van der Waals surface area contributed by atoms with Crippen LogP contribution in [0.1, 0.15) is 42.4 Å². The molecule has 4 rings (SSSR count). The third-order valence-electron chi connectivity index (χ3n) is 6.91. The van der Waals surface area contributed by atoms with Gasteiger partial charge in [-0.1, -0.05) is 78.9 Å². The van der Waals surface area contributed by atoms with Crippen molar-refractivity contribution >= 4 is 18.0 Å². The lowest BCUT2D eigenvalue weighted by atomic mass is 9.98. The minimum Gasteiger partial charge on any atom is -0.459 e. The first kappa shape index (κ1) is 28.8. The number of amides is 2. The SMILES string of the molecule is C[C@@H](O)[C@H](NC(=O)[C@H](CCCN)NC(=O)OCC1c2ccccc2-c2ccccc21)C(=O)OCc1ccccc1. The zero-order valence-corrected chi connectivity index (χ0v) is 22.4. The molecule has 0 heterocycles. The molecule has 0 saturated carbocycles. The first-order valence-corrected chi connectivity index (χ1v) is 13.4. The number of nitrogens with two attached hydrogens (primary N) is 1. The fraction of sp³-hybridized carbons (Fsp3) is 0.323. The largest absolute Gasteiger partial charge is 0.459 e. The van der Waals surface area contributed by atoms with E-state index in [0.717, 1.165) is 27.8 Å². The zero-order valence-electron chi connectivity index (χ0n) is 22.4. The lowest BCUT2D eigenvalue weighted by Crippen LogP contribution is -2.55. The second-order valence-corrected chi connectivity index (χ2v) is 9.77. The van der Waals surface area contributed by atoms with Gasteiger partial charge >= 0.3 is 12.1 Å². The summed E-state index contributed by atoms with van der Waals surface area (Å²) in [6, 6.07) is 22.7. The minimum absolute atomic E-state index is 0.00658. The Morgan fingerprint density at radius 2 is 1.48 bits per heavy atom. The quantitative estimate of drug-likeness (QED) is 0.256. The van der Waals surface area contributed by atoms with E-state index in [1.54, 1.807) is 12.1 Å². The van der Waals surface area contributed by atoms with Gasteiger partial charge in [-0.3, -0.25) is 4.79 Å². The topological polar surface area (TPSA) is 140 Å². The Hall–Kier alpha value is -4.21. The van der Waals surface area contributed by atoms with Crippen LogP contribution in [0.4, 0.5) is 4.79 Å². The molecule has 210 valence electrons. The first-order chi connectivity index (χ1) is 19.4. The number of alkyl carbamates (subject to hydrolysis) is 1. The van der Waals surface area contributed by atoms with Gasteiger partial charge in [0.25, 0.3) is 0 Å². The molecule has 5 N–H and O–H groups in total. The fourth-order valence-corrected chi connectivity index (χ4v) is 4.82. The van der Waals surface area contributed by atoms with E-state index in [4.69, 9.17) is 15.2 Å². The Bertz CT molecular complexity index is 1270. The maximum Gasteiger partial charge on any atom is 0.407 e. The van der Waals surface area contributed by atoms with Crippen LogP contribution >= 0.6 is 0 Å². The molecule has 0 saturated heterocycles. The highest BCUT2D eigenvalue weighted by atomic mass is 16.5. The molecule has 0 aliphatic heterocycles. The van der Waals surface area contributed by atoms with Gasteiger partial charge in [0.1, 0.15) is 19.3 Å². The van der Waals surface area contributed by atoms with Crippen molar-refractivity contribution in [3.63, 3.8) is 0 Å². The van der Waals surface area contributed by atoms with E-state index in [1.807, 2.05) is 66.7 Å². The molecule has 3 aromatic rings. The molecule has 0 fully saturated rings. The Kier molecular flexibility index (Phi) is 9.88. The van der Waals surface area contributed by atoms with Crippen molar-refractivity contribution in [2.24, 2.45) is 5.73 Å². The smallest absolute Gasteiger partial charge is 0.407 e. The number of rotatable bonds is 12. The normalized spacial score (nSPS) is 14.3. The van der Waals surface area contributed by atoms with Gasteiger partial charge in [0.2, 0.25) is 5.91 Å². The maximum atomic E-state index is 13.1. The van der Waals surface area contributed by atoms with Crippen molar-refractivity contribution in [2.75, 3.05) is 13.2 Å². The number of carbonyl (C=O) groups excluding carboxylic acids is 3. The summed E-state index contributed by atoms with van der Waals surface area (Å²) in [7, 11) is 0. The van der Waals surface area contributed by atoms with Crippen molar-refractivity contribution in [3.8, 4) is 11.1 Å². The second kappa shape index (κ2) is 13.7. The van der Waals surface area contributed by atoms with Crippen LogP contribution in [-0.4, -0.2) is 54.4 Å². The van der Waals surface area contributed by atoms with E-state index in [9.17, 15) is 19.5 Å². The molecule has 9 heteroatoms. The van der Waals surface area contributed by atoms with Gasteiger partial charge in [0, 0.05) is 5.92 Å². The molecule has 3 atom stereocenters. The summed E-state index contributed by atoms with van der Waals surface area (Å²) in [5.41, 5.74) is 10.8. The second-order valence-electron chi connectivity index (χ2n) is 9.77. The monoisotopic (exact) mass is 545 g/mol. The van der Waals surface area contributed by atoms with Crippen LogP contribution in [0.3, 0.4) is 0 Å². The van der Waals surface area contributed by atoms with Gasteiger partial charge in [0.05, 0.1) is 6.10 Å². The van der Waals surface area contributed by atoms with E-state index in [0.29, 0.717) is 13.0 Å². The molecule has 0 bridgehead atoms. The summed E-state index contributed by atoms with van der Waals surface area (Å²) in [5, 5.41) is 15.3. The molecule has 9 nitrogen and oxygen atoms in total. The summed E-state index contributed by atoms with van der Waals surface area (Å²) in [4.78, 5) is 38.6. The van der Waals surface area contributed by atoms with Crippen molar-refractivity contribution in [3.05, 3.63) is 95.6 Å². The van der Waals surface area contributed by atoms with Gasteiger partial charge < -0.3 is 30.9 Å². The van der Waals surface area contributed by atoms with Crippen molar-refractivity contribution in [1.29, 1.82) is 0 Å².